The zero-order valence-corrected chi connectivity index (χ0v) is 9.31. The second-order valence-corrected chi connectivity index (χ2v) is 4.33. The molecule has 1 aromatic carbocycles. The normalized spacial score (nSPS) is 19.9. The number of benzene rings is 1. The quantitative estimate of drug-likeness (QED) is 0.848. The lowest BCUT2D eigenvalue weighted by Crippen LogP contribution is -2.31. The monoisotopic (exact) mass is 213 g/mol. The maximum Gasteiger partial charge on any atom is 0.0950 e. The third-order valence-corrected chi connectivity index (χ3v) is 3.51. The summed E-state index contributed by atoms with van der Waals surface area (Å²) >= 11 is 0. The minimum absolute atomic E-state index is 0.369. The van der Waals surface area contributed by atoms with Crippen LogP contribution in [0.4, 0.5) is 0 Å². The largest absolute Gasteiger partial charge is 0.472 e. The average molecular weight is 213 g/mol. The molecule has 1 N–H and O–H groups in total. The molecule has 0 spiro atoms. The molecule has 2 nitrogen and oxygen atoms in total. The maximum atomic E-state index is 5.16. The van der Waals surface area contributed by atoms with Gasteiger partial charge in [0.15, 0.2) is 0 Å². The molecule has 0 saturated heterocycles. The number of hydrogen-bond acceptors (Lipinski definition) is 2. The lowest BCUT2D eigenvalue weighted by atomic mass is 9.72. The highest BCUT2D eigenvalue weighted by Gasteiger charge is 2.33. The lowest BCUT2D eigenvalue weighted by Gasteiger charge is -2.36. The third kappa shape index (κ3) is 1.38. The molecular formula is C14H15NO. The fourth-order valence-electron chi connectivity index (χ4n) is 2.65. The van der Waals surface area contributed by atoms with Crippen LogP contribution in [0.3, 0.4) is 0 Å². The number of fused-ring (bicyclic) bond motifs is 1. The zero-order valence-electron chi connectivity index (χ0n) is 9.31. The summed E-state index contributed by atoms with van der Waals surface area (Å²) in [6.45, 7) is 0. The molecule has 0 fully saturated rings. The van der Waals surface area contributed by atoms with Gasteiger partial charge in [-0.25, -0.2) is 0 Å². The predicted molar refractivity (Wildman–Crippen MR) is 63.4 cm³/mol. The molecule has 82 valence electrons. The first-order chi connectivity index (χ1) is 7.90. The highest BCUT2D eigenvalue weighted by atomic mass is 16.3. The third-order valence-electron chi connectivity index (χ3n) is 3.51. The van der Waals surface area contributed by atoms with Crippen molar-refractivity contribution in [1.82, 2.24) is 5.32 Å². The Kier molecular flexibility index (Phi) is 2.29. The van der Waals surface area contributed by atoms with Gasteiger partial charge in [0.25, 0.3) is 0 Å². The second kappa shape index (κ2) is 3.80. The van der Waals surface area contributed by atoms with Gasteiger partial charge < -0.3 is 9.73 Å². The first-order valence-corrected chi connectivity index (χ1v) is 5.67. The van der Waals surface area contributed by atoms with Gasteiger partial charge in [0.2, 0.25) is 0 Å². The molecule has 3 rings (SSSR count). The first-order valence-electron chi connectivity index (χ1n) is 5.67. The molecule has 2 aromatic rings. The van der Waals surface area contributed by atoms with Crippen molar-refractivity contribution < 1.29 is 4.42 Å². The van der Waals surface area contributed by atoms with Gasteiger partial charge in [-0.1, -0.05) is 24.3 Å². The Hall–Kier alpha value is -1.54. The molecule has 2 heteroatoms. The van der Waals surface area contributed by atoms with Crippen molar-refractivity contribution in [3.05, 3.63) is 59.5 Å². The van der Waals surface area contributed by atoms with E-state index in [9.17, 15) is 0 Å². The van der Waals surface area contributed by atoms with Crippen LogP contribution in [-0.2, 0) is 6.42 Å². The molecule has 0 aliphatic heterocycles. The molecule has 1 heterocycles. The Balaban J connectivity index is 1.90. The lowest BCUT2D eigenvalue weighted by molar-refractivity contribution is 0.433. The summed E-state index contributed by atoms with van der Waals surface area (Å²) in [5.41, 5.74) is 4.20. The molecule has 1 aliphatic rings. The number of nitrogens with one attached hydrogen (secondary N) is 1. The van der Waals surface area contributed by atoms with Crippen molar-refractivity contribution in [3.63, 3.8) is 0 Å². The van der Waals surface area contributed by atoms with Crippen LogP contribution in [0.25, 0.3) is 0 Å². The van der Waals surface area contributed by atoms with Gasteiger partial charge in [-0.05, 0) is 30.7 Å². The van der Waals surface area contributed by atoms with Crippen LogP contribution in [0.2, 0.25) is 0 Å². The van der Waals surface area contributed by atoms with Crippen molar-refractivity contribution >= 4 is 0 Å². The van der Waals surface area contributed by atoms with E-state index < -0.39 is 0 Å². The van der Waals surface area contributed by atoms with Gasteiger partial charge in [0, 0.05) is 17.5 Å². The molecule has 1 aliphatic carbocycles. The van der Waals surface area contributed by atoms with E-state index in [0.717, 1.165) is 6.42 Å². The van der Waals surface area contributed by atoms with E-state index in [-0.39, 0.29) is 0 Å². The Morgan fingerprint density at radius 2 is 2.19 bits per heavy atom. The Bertz CT molecular complexity index is 475. The van der Waals surface area contributed by atoms with Gasteiger partial charge in [0.1, 0.15) is 0 Å². The zero-order chi connectivity index (χ0) is 11.0. The van der Waals surface area contributed by atoms with Crippen molar-refractivity contribution in [2.75, 3.05) is 7.05 Å². The van der Waals surface area contributed by atoms with Crippen molar-refractivity contribution in [3.8, 4) is 0 Å². The highest BCUT2D eigenvalue weighted by molar-refractivity contribution is 5.42. The Labute approximate surface area is 95.3 Å². The average Bonchev–Trinajstić information content (AvgIpc) is 2.79. The van der Waals surface area contributed by atoms with E-state index in [2.05, 4.69) is 29.6 Å². The number of furan rings is 1. The van der Waals surface area contributed by atoms with Crippen molar-refractivity contribution in [2.45, 2.75) is 18.4 Å². The van der Waals surface area contributed by atoms with E-state index >= 15 is 0 Å². The minimum Gasteiger partial charge on any atom is -0.472 e. The van der Waals surface area contributed by atoms with Crippen LogP contribution >= 0.6 is 0 Å². The minimum atomic E-state index is 0.369. The predicted octanol–water partition coefficient (Wildman–Crippen LogP) is 2.88. The van der Waals surface area contributed by atoms with Crippen LogP contribution in [0, 0.1) is 0 Å². The van der Waals surface area contributed by atoms with E-state index in [1.165, 1.54) is 16.7 Å². The molecule has 0 amide bonds. The summed E-state index contributed by atoms with van der Waals surface area (Å²) < 4.78 is 5.16. The number of likely N-dealkylation sites (N-methyl/N-ethyl adjacent to an activating group) is 1. The molecule has 0 bridgehead atoms. The van der Waals surface area contributed by atoms with Gasteiger partial charge in [0.05, 0.1) is 12.5 Å². The fraction of sp³-hybridized carbons (Fsp3) is 0.286. The number of hydrogen-bond donors (Lipinski definition) is 1. The van der Waals surface area contributed by atoms with Crippen LogP contribution in [0.5, 0.6) is 0 Å². The topological polar surface area (TPSA) is 25.2 Å². The van der Waals surface area contributed by atoms with E-state index in [1.807, 2.05) is 19.4 Å². The van der Waals surface area contributed by atoms with E-state index in [4.69, 9.17) is 4.42 Å². The SMILES string of the molecule is CNC(c1ccoc1)C1Cc2ccccc21. The summed E-state index contributed by atoms with van der Waals surface area (Å²) in [6, 6.07) is 11.1. The summed E-state index contributed by atoms with van der Waals surface area (Å²) in [5.74, 6) is 0.582. The van der Waals surface area contributed by atoms with Gasteiger partial charge >= 0.3 is 0 Å². The van der Waals surface area contributed by atoms with Gasteiger partial charge in [-0.3, -0.25) is 0 Å². The summed E-state index contributed by atoms with van der Waals surface area (Å²) in [6.07, 6.45) is 4.74. The Morgan fingerprint density at radius 3 is 2.88 bits per heavy atom. The first kappa shape index (κ1) is 9.67. The molecule has 0 saturated carbocycles. The highest BCUT2D eigenvalue weighted by Crippen LogP contribution is 2.43. The molecule has 2 unspecified atom stereocenters. The van der Waals surface area contributed by atoms with E-state index in [0.29, 0.717) is 12.0 Å². The molecule has 1 aromatic heterocycles. The van der Waals surface area contributed by atoms with Crippen LogP contribution < -0.4 is 5.32 Å². The molecular weight excluding hydrogens is 198 g/mol. The standard InChI is InChI=1S/C14H15NO/c1-15-14(11-6-7-16-9-11)13-8-10-4-2-3-5-12(10)13/h2-7,9,13-15H,8H2,1H3. The molecule has 0 radical (unpaired) electrons. The van der Waals surface area contributed by atoms with Crippen LogP contribution in [-0.4, -0.2) is 7.05 Å². The van der Waals surface area contributed by atoms with Crippen LogP contribution in [0.15, 0.2) is 47.3 Å². The van der Waals surface area contributed by atoms with E-state index in [1.54, 1.807) is 6.26 Å². The maximum absolute atomic E-state index is 5.16. The van der Waals surface area contributed by atoms with Gasteiger partial charge in [-0.15, -0.1) is 0 Å². The van der Waals surface area contributed by atoms with Crippen LogP contribution in [0.1, 0.15) is 28.7 Å². The summed E-state index contributed by atoms with van der Waals surface area (Å²) in [5, 5.41) is 3.39. The number of rotatable bonds is 3. The van der Waals surface area contributed by atoms with Crippen molar-refractivity contribution in [1.29, 1.82) is 0 Å². The fourth-order valence-corrected chi connectivity index (χ4v) is 2.65. The summed E-state index contributed by atoms with van der Waals surface area (Å²) in [4.78, 5) is 0. The molecule has 16 heavy (non-hydrogen) atoms. The van der Waals surface area contributed by atoms with Crippen molar-refractivity contribution in [2.24, 2.45) is 0 Å². The second-order valence-electron chi connectivity index (χ2n) is 4.33. The van der Waals surface area contributed by atoms with Gasteiger partial charge in [-0.2, -0.15) is 0 Å². The molecule has 2 atom stereocenters. The smallest absolute Gasteiger partial charge is 0.0950 e. The Morgan fingerprint density at radius 1 is 1.31 bits per heavy atom. The summed E-state index contributed by atoms with van der Waals surface area (Å²) in [7, 11) is 2.01.